The van der Waals surface area contributed by atoms with Crippen molar-refractivity contribution in [1.29, 1.82) is 0 Å². The van der Waals surface area contributed by atoms with Crippen LogP contribution in [0.25, 0.3) is 0 Å². The quantitative estimate of drug-likeness (QED) is 0.590. The molecule has 10 heavy (non-hydrogen) atoms. The average Bonchev–Trinajstić information content (AvgIpc) is 2.12. The third-order valence-electron chi connectivity index (χ3n) is 3.38. The molecule has 0 heterocycles. The second kappa shape index (κ2) is 2.54. The van der Waals surface area contributed by atoms with E-state index in [4.69, 9.17) is 5.73 Å². The van der Waals surface area contributed by atoms with Gasteiger partial charge in [-0.15, -0.1) is 0 Å². The van der Waals surface area contributed by atoms with E-state index in [-0.39, 0.29) is 0 Å². The van der Waals surface area contributed by atoms with Crippen LogP contribution in [0.1, 0.15) is 38.5 Å². The van der Waals surface area contributed by atoms with Crippen LogP contribution in [0, 0.1) is 11.8 Å². The second-order valence-electron chi connectivity index (χ2n) is 3.95. The maximum absolute atomic E-state index is 5.99. The zero-order valence-corrected chi connectivity index (χ0v) is 6.55. The monoisotopic (exact) mass is 139 g/mol. The van der Waals surface area contributed by atoms with Gasteiger partial charge in [-0.2, -0.15) is 0 Å². The van der Waals surface area contributed by atoms with Crippen molar-refractivity contribution < 1.29 is 0 Å². The van der Waals surface area contributed by atoms with E-state index >= 15 is 0 Å². The normalized spacial score (nSPS) is 41.7. The van der Waals surface area contributed by atoms with Gasteiger partial charge in [0.15, 0.2) is 0 Å². The van der Waals surface area contributed by atoms with Crippen LogP contribution in [0.15, 0.2) is 0 Å². The Kier molecular flexibility index (Phi) is 1.69. The van der Waals surface area contributed by atoms with Crippen LogP contribution in [0.2, 0.25) is 0 Å². The summed E-state index contributed by atoms with van der Waals surface area (Å²) < 4.78 is 0. The molecule has 0 bridgehead atoms. The Morgan fingerprint density at radius 3 is 2.00 bits per heavy atom. The van der Waals surface area contributed by atoms with Crippen LogP contribution >= 0.6 is 0 Å². The Morgan fingerprint density at radius 2 is 1.60 bits per heavy atom. The third-order valence-corrected chi connectivity index (χ3v) is 3.38. The molecule has 0 radical (unpaired) electrons. The highest BCUT2D eigenvalue weighted by molar-refractivity contribution is 4.88. The predicted octanol–water partition coefficient (Wildman–Crippen LogP) is 1.91. The SMILES string of the molecule is N[C@H]1CCC[C@@H]1C1CCC1. The lowest BCUT2D eigenvalue weighted by atomic mass is 9.74. The molecule has 1 heteroatoms. The van der Waals surface area contributed by atoms with E-state index in [0.29, 0.717) is 6.04 Å². The van der Waals surface area contributed by atoms with Gasteiger partial charge in [0.1, 0.15) is 0 Å². The van der Waals surface area contributed by atoms with Gasteiger partial charge in [0.05, 0.1) is 0 Å². The molecule has 2 atom stereocenters. The minimum atomic E-state index is 0.560. The molecule has 0 saturated heterocycles. The molecule has 2 fully saturated rings. The molecule has 0 spiro atoms. The fourth-order valence-electron chi connectivity index (χ4n) is 2.47. The molecule has 0 amide bonds. The lowest BCUT2D eigenvalue weighted by Crippen LogP contribution is -2.33. The fourth-order valence-corrected chi connectivity index (χ4v) is 2.47. The smallest absolute Gasteiger partial charge is 0.00698 e. The van der Waals surface area contributed by atoms with Gasteiger partial charge in [-0.25, -0.2) is 0 Å². The molecular weight excluding hydrogens is 122 g/mol. The molecule has 1 nitrogen and oxygen atoms in total. The van der Waals surface area contributed by atoms with E-state index in [1.165, 1.54) is 38.5 Å². The van der Waals surface area contributed by atoms with E-state index in [9.17, 15) is 0 Å². The Bertz CT molecular complexity index is 118. The van der Waals surface area contributed by atoms with Crippen LogP contribution in [0.3, 0.4) is 0 Å². The Morgan fingerprint density at radius 1 is 0.900 bits per heavy atom. The lowest BCUT2D eigenvalue weighted by molar-refractivity contribution is 0.194. The number of hydrogen-bond donors (Lipinski definition) is 1. The third kappa shape index (κ3) is 0.968. The van der Waals surface area contributed by atoms with Crippen LogP contribution in [0.5, 0.6) is 0 Å². The summed E-state index contributed by atoms with van der Waals surface area (Å²) in [4.78, 5) is 0. The number of rotatable bonds is 1. The zero-order chi connectivity index (χ0) is 6.97. The van der Waals surface area contributed by atoms with Gasteiger partial charge in [-0.05, 0) is 24.7 Å². The highest BCUT2D eigenvalue weighted by atomic mass is 14.7. The first kappa shape index (κ1) is 6.66. The Balaban J connectivity index is 1.90. The van der Waals surface area contributed by atoms with E-state index in [1.807, 2.05) is 0 Å². The standard InChI is InChI=1S/C9H17N/c10-9-6-2-5-8(9)7-3-1-4-7/h7-9H,1-6,10H2/t8-,9+/m1/s1. The molecule has 0 aromatic heterocycles. The van der Waals surface area contributed by atoms with Crippen molar-refractivity contribution in [2.75, 3.05) is 0 Å². The molecule has 0 aromatic rings. The summed E-state index contributed by atoms with van der Waals surface area (Å²) in [6, 6.07) is 0.560. The molecule has 2 aliphatic rings. The summed E-state index contributed by atoms with van der Waals surface area (Å²) in [5, 5.41) is 0. The van der Waals surface area contributed by atoms with Crippen molar-refractivity contribution in [3.05, 3.63) is 0 Å². The van der Waals surface area contributed by atoms with E-state index in [1.54, 1.807) is 0 Å². The van der Waals surface area contributed by atoms with Gasteiger partial charge < -0.3 is 5.73 Å². The van der Waals surface area contributed by atoms with Crippen molar-refractivity contribution in [2.24, 2.45) is 17.6 Å². The largest absolute Gasteiger partial charge is 0.327 e. The van der Waals surface area contributed by atoms with Gasteiger partial charge in [0.2, 0.25) is 0 Å². The summed E-state index contributed by atoms with van der Waals surface area (Å²) in [7, 11) is 0. The lowest BCUT2D eigenvalue weighted by Gasteiger charge is -2.33. The molecule has 58 valence electrons. The topological polar surface area (TPSA) is 26.0 Å². The van der Waals surface area contributed by atoms with Crippen LogP contribution < -0.4 is 5.73 Å². The number of hydrogen-bond acceptors (Lipinski definition) is 1. The molecule has 2 aliphatic carbocycles. The van der Waals surface area contributed by atoms with Gasteiger partial charge in [0.25, 0.3) is 0 Å². The minimum Gasteiger partial charge on any atom is -0.327 e. The molecular formula is C9H17N. The molecule has 2 N–H and O–H groups in total. The molecule has 0 aliphatic heterocycles. The summed E-state index contributed by atoms with van der Waals surface area (Å²) >= 11 is 0. The summed E-state index contributed by atoms with van der Waals surface area (Å²) in [6.07, 6.45) is 8.51. The molecule has 2 rings (SSSR count). The summed E-state index contributed by atoms with van der Waals surface area (Å²) in [5.41, 5.74) is 5.99. The highest BCUT2D eigenvalue weighted by Crippen LogP contribution is 2.41. The van der Waals surface area contributed by atoms with E-state index < -0.39 is 0 Å². The first-order valence-electron chi connectivity index (χ1n) is 4.63. The van der Waals surface area contributed by atoms with Crippen LogP contribution in [-0.4, -0.2) is 6.04 Å². The van der Waals surface area contributed by atoms with Crippen LogP contribution in [0.4, 0.5) is 0 Å². The van der Waals surface area contributed by atoms with Crippen molar-refractivity contribution in [3.63, 3.8) is 0 Å². The maximum Gasteiger partial charge on any atom is 0.00698 e. The zero-order valence-electron chi connectivity index (χ0n) is 6.55. The molecule has 0 unspecified atom stereocenters. The minimum absolute atomic E-state index is 0.560. The predicted molar refractivity (Wildman–Crippen MR) is 42.7 cm³/mol. The second-order valence-corrected chi connectivity index (χ2v) is 3.95. The summed E-state index contributed by atoms with van der Waals surface area (Å²) in [5.74, 6) is 1.94. The molecule has 0 aromatic carbocycles. The maximum atomic E-state index is 5.99. The first-order valence-corrected chi connectivity index (χ1v) is 4.63. The van der Waals surface area contributed by atoms with Gasteiger partial charge in [-0.3, -0.25) is 0 Å². The average molecular weight is 139 g/mol. The van der Waals surface area contributed by atoms with Gasteiger partial charge in [0, 0.05) is 6.04 Å². The highest BCUT2D eigenvalue weighted by Gasteiger charge is 2.34. The van der Waals surface area contributed by atoms with Crippen LogP contribution in [-0.2, 0) is 0 Å². The number of nitrogens with two attached hydrogens (primary N) is 1. The van der Waals surface area contributed by atoms with E-state index in [2.05, 4.69) is 0 Å². The van der Waals surface area contributed by atoms with Crippen molar-refractivity contribution >= 4 is 0 Å². The Hall–Kier alpha value is -0.0400. The summed E-state index contributed by atoms with van der Waals surface area (Å²) in [6.45, 7) is 0. The molecule has 2 saturated carbocycles. The van der Waals surface area contributed by atoms with Crippen molar-refractivity contribution in [3.8, 4) is 0 Å². The van der Waals surface area contributed by atoms with Crippen molar-refractivity contribution in [1.82, 2.24) is 0 Å². The van der Waals surface area contributed by atoms with E-state index in [0.717, 1.165) is 11.8 Å². The van der Waals surface area contributed by atoms with Crippen molar-refractivity contribution in [2.45, 2.75) is 44.6 Å². The first-order chi connectivity index (χ1) is 4.88. The fraction of sp³-hybridized carbons (Fsp3) is 1.00. The van der Waals surface area contributed by atoms with Gasteiger partial charge in [-0.1, -0.05) is 25.7 Å². The van der Waals surface area contributed by atoms with Gasteiger partial charge >= 0.3 is 0 Å². The Labute approximate surface area is 63.0 Å².